The summed E-state index contributed by atoms with van der Waals surface area (Å²) in [4.78, 5) is 22.4. The van der Waals surface area contributed by atoms with Crippen molar-refractivity contribution in [3.05, 3.63) is 53.7 Å². The van der Waals surface area contributed by atoms with Crippen molar-refractivity contribution in [2.75, 3.05) is 32.5 Å². The Labute approximate surface area is 141 Å². The fraction of sp³-hybridized carbons (Fsp3) is 0.353. The minimum Gasteiger partial charge on any atom is -0.369 e. The SMILES string of the molecule is CN(C)CCCNc1cnc(C(=O)NCc2ccccc2F)cn1. The highest BCUT2D eigenvalue weighted by Gasteiger charge is 2.09. The van der Waals surface area contributed by atoms with Gasteiger partial charge in [-0.2, -0.15) is 0 Å². The van der Waals surface area contributed by atoms with Crippen molar-refractivity contribution in [3.8, 4) is 0 Å². The third-order valence-corrected chi connectivity index (χ3v) is 3.37. The lowest BCUT2D eigenvalue weighted by Crippen LogP contribution is -2.24. The predicted molar refractivity (Wildman–Crippen MR) is 91.3 cm³/mol. The van der Waals surface area contributed by atoms with Crippen LogP contribution in [0.5, 0.6) is 0 Å². The first-order valence-electron chi connectivity index (χ1n) is 7.78. The minimum atomic E-state index is -0.384. The molecule has 0 bridgehead atoms. The zero-order chi connectivity index (χ0) is 17.4. The fourth-order valence-electron chi connectivity index (χ4n) is 2.06. The molecule has 1 aromatic heterocycles. The number of halogens is 1. The van der Waals surface area contributed by atoms with E-state index in [9.17, 15) is 9.18 Å². The lowest BCUT2D eigenvalue weighted by Gasteiger charge is -2.10. The summed E-state index contributed by atoms with van der Waals surface area (Å²) in [6.45, 7) is 1.88. The molecule has 2 rings (SSSR count). The van der Waals surface area contributed by atoms with E-state index >= 15 is 0 Å². The topological polar surface area (TPSA) is 70.2 Å². The van der Waals surface area contributed by atoms with Crippen molar-refractivity contribution in [2.45, 2.75) is 13.0 Å². The molecule has 128 valence electrons. The molecule has 24 heavy (non-hydrogen) atoms. The average Bonchev–Trinajstić information content (AvgIpc) is 2.58. The first-order valence-corrected chi connectivity index (χ1v) is 7.78. The summed E-state index contributed by atoms with van der Waals surface area (Å²) in [5.74, 6) is -0.106. The number of aromatic nitrogens is 2. The third kappa shape index (κ3) is 5.58. The van der Waals surface area contributed by atoms with E-state index in [-0.39, 0.29) is 24.0 Å². The van der Waals surface area contributed by atoms with Crippen LogP contribution < -0.4 is 10.6 Å². The maximum atomic E-state index is 13.5. The van der Waals surface area contributed by atoms with Gasteiger partial charge in [-0.15, -0.1) is 0 Å². The van der Waals surface area contributed by atoms with Crippen LogP contribution in [0.25, 0.3) is 0 Å². The molecule has 0 saturated carbocycles. The molecule has 1 aromatic carbocycles. The molecule has 0 fully saturated rings. The van der Waals surface area contributed by atoms with E-state index < -0.39 is 0 Å². The molecule has 0 aliphatic rings. The Hall–Kier alpha value is -2.54. The molecule has 1 heterocycles. The highest BCUT2D eigenvalue weighted by molar-refractivity contribution is 5.91. The summed E-state index contributed by atoms with van der Waals surface area (Å²) in [7, 11) is 4.04. The Morgan fingerprint density at radius 2 is 2.00 bits per heavy atom. The number of nitrogens with one attached hydrogen (secondary N) is 2. The number of carbonyl (C=O) groups excluding carboxylic acids is 1. The normalized spacial score (nSPS) is 10.7. The zero-order valence-corrected chi connectivity index (χ0v) is 13.9. The molecule has 0 saturated heterocycles. The van der Waals surface area contributed by atoms with Crippen LogP contribution in [-0.4, -0.2) is 48.0 Å². The first-order chi connectivity index (χ1) is 11.6. The van der Waals surface area contributed by atoms with Crippen molar-refractivity contribution in [1.29, 1.82) is 0 Å². The molecular weight excluding hydrogens is 309 g/mol. The molecule has 0 aliphatic heterocycles. The lowest BCUT2D eigenvalue weighted by molar-refractivity contribution is 0.0945. The summed E-state index contributed by atoms with van der Waals surface area (Å²) < 4.78 is 13.5. The van der Waals surface area contributed by atoms with Gasteiger partial charge in [-0.05, 0) is 33.1 Å². The largest absolute Gasteiger partial charge is 0.369 e. The van der Waals surface area contributed by atoms with Gasteiger partial charge in [-0.1, -0.05) is 18.2 Å². The second kappa shape index (κ2) is 8.93. The van der Waals surface area contributed by atoms with E-state index in [2.05, 4.69) is 25.5 Å². The van der Waals surface area contributed by atoms with Crippen LogP contribution in [0, 0.1) is 5.82 Å². The molecule has 7 heteroatoms. The van der Waals surface area contributed by atoms with Crippen molar-refractivity contribution < 1.29 is 9.18 Å². The van der Waals surface area contributed by atoms with E-state index in [1.165, 1.54) is 18.5 Å². The standard InChI is InChI=1S/C17H22FN5O/c1-23(2)9-5-8-19-16-12-20-15(11-21-16)17(24)22-10-13-6-3-4-7-14(13)18/h3-4,6-7,11-12H,5,8-10H2,1-2H3,(H,19,21)(H,22,24). The number of hydrogen-bond donors (Lipinski definition) is 2. The average molecular weight is 331 g/mol. The zero-order valence-electron chi connectivity index (χ0n) is 13.9. The summed E-state index contributed by atoms with van der Waals surface area (Å²) in [6.07, 6.45) is 3.91. The van der Waals surface area contributed by atoms with E-state index in [4.69, 9.17) is 0 Å². The molecule has 0 radical (unpaired) electrons. The fourth-order valence-corrected chi connectivity index (χ4v) is 2.06. The summed E-state index contributed by atoms with van der Waals surface area (Å²) >= 11 is 0. The lowest BCUT2D eigenvalue weighted by atomic mass is 10.2. The van der Waals surface area contributed by atoms with Crippen LogP contribution in [-0.2, 0) is 6.54 Å². The molecule has 6 nitrogen and oxygen atoms in total. The second-order valence-electron chi connectivity index (χ2n) is 5.64. The summed E-state index contributed by atoms with van der Waals surface area (Å²) in [6, 6.07) is 6.32. The van der Waals surface area contributed by atoms with E-state index in [1.807, 2.05) is 14.1 Å². The number of benzene rings is 1. The number of amides is 1. The Balaban J connectivity index is 1.81. The summed E-state index contributed by atoms with van der Waals surface area (Å²) in [5, 5.41) is 5.78. The minimum absolute atomic E-state index is 0.109. The van der Waals surface area contributed by atoms with Gasteiger partial charge in [0.2, 0.25) is 0 Å². The highest BCUT2D eigenvalue weighted by Crippen LogP contribution is 2.06. The van der Waals surface area contributed by atoms with Gasteiger partial charge in [0.15, 0.2) is 0 Å². The van der Waals surface area contributed by atoms with Gasteiger partial charge < -0.3 is 15.5 Å². The molecule has 0 aliphatic carbocycles. The van der Waals surface area contributed by atoms with Crippen LogP contribution in [0.15, 0.2) is 36.7 Å². The van der Waals surface area contributed by atoms with Gasteiger partial charge in [-0.25, -0.2) is 14.4 Å². The van der Waals surface area contributed by atoms with Gasteiger partial charge in [-0.3, -0.25) is 4.79 Å². The Morgan fingerprint density at radius 1 is 1.21 bits per heavy atom. The molecule has 2 aromatic rings. The van der Waals surface area contributed by atoms with Gasteiger partial charge in [0, 0.05) is 18.7 Å². The summed E-state index contributed by atoms with van der Waals surface area (Å²) in [5.41, 5.74) is 0.628. The van der Waals surface area contributed by atoms with Gasteiger partial charge in [0.05, 0.1) is 12.4 Å². The molecular formula is C17H22FN5O. The molecule has 0 unspecified atom stereocenters. The van der Waals surface area contributed by atoms with Crippen LogP contribution in [0.4, 0.5) is 10.2 Å². The van der Waals surface area contributed by atoms with Crippen LogP contribution in [0.2, 0.25) is 0 Å². The Kier molecular flexibility index (Phi) is 6.62. The van der Waals surface area contributed by atoms with Crippen molar-refractivity contribution in [2.24, 2.45) is 0 Å². The quantitative estimate of drug-likeness (QED) is 0.723. The van der Waals surface area contributed by atoms with Gasteiger partial charge >= 0.3 is 0 Å². The first kappa shape index (κ1) is 17.8. The molecule has 1 amide bonds. The smallest absolute Gasteiger partial charge is 0.271 e. The Morgan fingerprint density at radius 3 is 2.67 bits per heavy atom. The van der Waals surface area contributed by atoms with Crippen molar-refractivity contribution in [1.82, 2.24) is 20.2 Å². The maximum Gasteiger partial charge on any atom is 0.271 e. The monoisotopic (exact) mass is 331 g/mol. The van der Waals surface area contributed by atoms with E-state index in [1.54, 1.807) is 18.2 Å². The highest BCUT2D eigenvalue weighted by atomic mass is 19.1. The number of hydrogen-bond acceptors (Lipinski definition) is 5. The molecule has 0 atom stereocenters. The Bertz CT molecular complexity index is 660. The van der Waals surface area contributed by atoms with Gasteiger partial charge in [0.1, 0.15) is 17.3 Å². The van der Waals surface area contributed by atoms with Gasteiger partial charge in [0.25, 0.3) is 5.91 Å². The van der Waals surface area contributed by atoms with Crippen LogP contribution >= 0.6 is 0 Å². The van der Waals surface area contributed by atoms with E-state index in [0.29, 0.717) is 11.4 Å². The maximum absolute atomic E-state index is 13.5. The van der Waals surface area contributed by atoms with Crippen LogP contribution in [0.3, 0.4) is 0 Å². The number of carbonyl (C=O) groups is 1. The molecule has 0 spiro atoms. The third-order valence-electron chi connectivity index (χ3n) is 3.37. The number of nitrogens with zero attached hydrogens (tertiary/aromatic N) is 3. The van der Waals surface area contributed by atoms with Crippen molar-refractivity contribution in [3.63, 3.8) is 0 Å². The molecule has 2 N–H and O–H groups in total. The number of anilines is 1. The predicted octanol–water partition coefficient (Wildman–Crippen LogP) is 1.91. The van der Waals surface area contributed by atoms with E-state index in [0.717, 1.165) is 19.5 Å². The van der Waals surface area contributed by atoms with Crippen molar-refractivity contribution >= 4 is 11.7 Å². The number of rotatable bonds is 8. The second-order valence-corrected chi connectivity index (χ2v) is 5.64. The van der Waals surface area contributed by atoms with Crippen LogP contribution in [0.1, 0.15) is 22.5 Å².